The number of anilines is 1. The number of halogens is 2. The lowest BCUT2D eigenvalue weighted by Crippen LogP contribution is -2.44. The fourth-order valence-electron chi connectivity index (χ4n) is 4.08. The van der Waals surface area contributed by atoms with Crippen molar-refractivity contribution in [3.05, 3.63) is 65.4 Å². The first-order valence-electron chi connectivity index (χ1n) is 10.9. The topological polar surface area (TPSA) is 72.3 Å². The number of amides is 1. The van der Waals surface area contributed by atoms with Crippen LogP contribution in [0, 0.1) is 18.6 Å². The minimum absolute atomic E-state index is 0.0391. The first-order chi connectivity index (χ1) is 16.4. The summed E-state index contributed by atoms with van der Waals surface area (Å²) in [5.41, 5.74) is 2.76. The average Bonchev–Trinajstić information content (AvgIpc) is 3.42. The number of piperidine rings is 1. The van der Waals surface area contributed by atoms with E-state index in [2.05, 4.69) is 15.3 Å². The molecule has 1 fully saturated rings. The second kappa shape index (κ2) is 9.02. The predicted octanol–water partition coefficient (Wildman–Crippen LogP) is 4.48. The molecule has 2 aromatic carbocycles. The number of thiazole rings is 1. The molecule has 1 saturated heterocycles. The van der Waals surface area contributed by atoms with E-state index in [0.29, 0.717) is 0 Å². The Bertz CT molecular complexity index is 1340. The third kappa shape index (κ3) is 4.21. The van der Waals surface area contributed by atoms with Crippen LogP contribution in [0.15, 0.2) is 42.5 Å². The zero-order chi connectivity index (χ0) is 23.8. The zero-order valence-electron chi connectivity index (χ0n) is 18.7. The highest BCUT2D eigenvalue weighted by molar-refractivity contribution is 7.22. The van der Waals surface area contributed by atoms with Crippen LogP contribution in [-0.4, -0.2) is 46.9 Å². The number of rotatable bonds is 5. The minimum atomic E-state index is -1.03. The maximum absolute atomic E-state index is 13.4. The molecular weight excluding hydrogens is 460 g/mol. The van der Waals surface area contributed by atoms with E-state index in [-0.39, 0.29) is 11.6 Å². The van der Waals surface area contributed by atoms with Crippen LogP contribution in [0.25, 0.3) is 16.0 Å². The van der Waals surface area contributed by atoms with Crippen molar-refractivity contribution < 1.29 is 18.3 Å². The molecule has 0 spiro atoms. The van der Waals surface area contributed by atoms with Crippen molar-refractivity contribution in [3.63, 3.8) is 0 Å². The van der Waals surface area contributed by atoms with Gasteiger partial charge in [0.05, 0.1) is 23.2 Å². The molecule has 0 atom stereocenters. The molecule has 0 aliphatic carbocycles. The third-order valence-electron chi connectivity index (χ3n) is 5.98. The number of carbonyl (C=O) groups excluding carboxylic acids is 1. The molecule has 0 radical (unpaired) electrons. The van der Waals surface area contributed by atoms with Crippen LogP contribution in [-0.2, 0) is 0 Å². The molecule has 2 aromatic heterocycles. The molecule has 1 N–H and O–H groups in total. The monoisotopic (exact) mass is 483 g/mol. The average molecular weight is 484 g/mol. The van der Waals surface area contributed by atoms with Crippen molar-refractivity contribution in [2.24, 2.45) is 0 Å². The lowest BCUT2D eigenvalue weighted by Gasteiger charge is -2.32. The van der Waals surface area contributed by atoms with Crippen molar-refractivity contribution in [3.8, 4) is 11.4 Å². The molecular formula is C24H23F2N5O2S. The van der Waals surface area contributed by atoms with Crippen molar-refractivity contribution in [2.75, 3.05) is 25.1 Å². The van der Waals surface area contributed by atoms with Gasteiger partial charge in [0.15, 0.2) is 22.4 Å². The van der Waals surface area contributed by atoms with Crippen molar-refractivity contribution >= 4 is 32.7 Å². The summed E-state index contributed by atoms with van der Waals surface area (Å²) in [7, 11) is 1.63. The normalized spacial score (nSPS) is 14.5. The molecule has 176 valence electrons. The molecule has 0 bridgehead atoms. The van der Waals surface area contributed by atoms with Crippen LogP contribution >= 0.6 is 11.3 Å². The second-order valence-electron chi connectivity index (χ2n) is 8.21. The largest absolute Gasteiger partial charge is 0.497 e. The number of hydrogen-bond donors (Lipinski definition) is 1. The molecule has 3 heterocycles. The maximum Gasteiger partial charge on any atom is 0.251 e. The van der Waals surface area contributed by atoms with Crippen LogP contribution in [0.1, 0.15) is 28.9 Å². The molecule has 1 aliphatic rings. The van der Waals surface area contributed by atoms with Crippen LogP contribution in [0.5, 0.6) is 5.75 Å². The van der Waals surface area contributed by atoms with Gasteiger partial charge in [-0.3, -0.25) is 4.79 Å². The number of ether oxygens (including phenoxy) is 1. The van der Waals surface area contributed by atoms with E-state index < -0.39 is 17.5 Å². The number of aromatic nitrogens is 3. The van der Waals surface area contributed by atoms with Crippen LogP contribution in [0.2, 0.25) is 0 Å². The number of hydrogen-bond acceptors (Lipinski definition) is 6. The Morgan fingerprint density at radius 1 is 1.12 bits per heavy atom. The van der Waals surface area contributed by atoms with E-state index in [0.717, 1.165) is 70.7 Å². The number of fused-ring (bicyclic) bond motifs is 1. The van der Waals surface area contributed by atoms with Gasteiger partial charge in [0, 0.05) is 24.7 Å². The quantitative estimate of drug-likeness (QED) is 0.453. The number of benzene rings is 2. The lowest BCUT2D eigenvalue weighted by molar-refractivity contribution is 0.0930. The summed E-state index contributed by atoms with van der Waals surface area (Å²) in [5.74, 6) is -1.61. The van der Waals surface area contributed by atoms with Crippen LogP contribution < -0.4 is 15.0 Å². The molecule has 5 rings (SSSR count). The summed E-state index contributed by atoms with van der Waals surface area (Å²) >= 11 is 1.61. The van der Waals surface area contributed by atoms with Gasteiger partial charge in [0.2, 0.25) is 0 Å². The fourth-order valence-corrected chi connectivity index (χ4v) is 5.12. The summed E-state index contributed by atoms with van der Waals surface area (Å²) in [6.45, 7) is 3.44. The van der Waals surface area contributed by atoms with E-state index in [4.69, 9.17) is 9.72 Å². The number of aryl methyl sites for hydroxylation is 1. The van der Waals surface area contributed by atoms with Gasteiger partial charge < -0.3 is 15.0 Å². The SMILES string of the molecule is COc1ccc(-n2nc(C)c3sc(N4CCC(NC(=O)c5ccc(F)c(F)c5)CC4)nc32)cc1. The van der Waals surface area contributed by atoms with E-state index in [9.17, 15) is 13.6 Å². The predicted molar refractivity (Wildman–Crippen MR) is 127 cm³/mol. The summed E-state index contributed by atoms with van der Waals surface area (Å²) in [6.07, 6.45) is 1.46. The van der Waals surface area contributed by atoms with E-state index in [1.165, 1.54) is 6.07 Å². The van der Waals surface area contributed by atoms with Gasteiger partial charge in [-0.2, -0.15) is 10.1 Å². The molecule has 4 aromatic rings. The van der Waals surface area contributed by atoms with E-state index >= 15 is 0 Å². The van der Waals surface area contributed by atoms with Gasteiger partial charge in [-0.1, -0.05) is 11.3 Å². The van der Waals surface area contributed by atoms with Gasteiger partial charge in [0.25, 0.3) is 5.91 Å². The van der Waals surface area contributed by atoms with Crippen molar-refractivity contribution in [1.29, 1.82) is 0 Å². The Morgan fingerprint density at radius 2 is 1.85 bits per heavy atom. The summed E-state index contributed by atoms with van der Waals surface area (Å²) in [4.78, 5) is 19.5. The Labute approximate surface area is 199 Å². The van der Waals surface area contributed by atoms with Crippen LogP contribution in [0.3, 0.4) is 0 Å². The van der Waals surface area contributed by atoms with Gasteiger partial charge >= 0.3 is 0 Å². The first-order valence-corrected chi connectivity index (χ1v) is 11.8. The summed E-state index contributed by atoms with van der Waals surface area (Å²) in [6, 6.07) is 10.8. The number of carbonyl (C=O) groups is 1. The van der Waals surface area contributed by atoms with Crippen molar-refractivity contribution in [1.82, 2.24) is 20.1 Å². The first kappa shape index (κ1) is 22.3. The Kier molecular flexibility index (Phi) is 5.91. The van der Waals surface area contributed by atoms with E-state index in [1.54, 1.807) is 18.4 Å². The smallest absolute Gasteiger partial charge is 0.251 e. The number of nitrogens with zero attached hydrogens (tertiary/aromatic N) is 4. The standard InChI is InChI=1S/C24H23F2N5O2S/c1-14-21-22(31(29-14)17-4-6-18(33-2)7-5-17)28-24(34-21)30-11-9-16(10-12-30)27-23(32)15-3-8-19(25)20(26)13-15/h3-8,13,16H,9-12H2,1-2H3,(H,27,32). The molecule has 1 amide bonds. The van der Waals surface area contributed by atoms with Gasteiger partial charge in [-0.15, -0.1) is 0 Å². The van der Waals surface area contributed by atoms with Crippen LogP contribution in [0.4, 0.5) is 13.9 Å². The van der Waals surface area contributed by atoms with Gasteiger partial charge in [-0.05, 0) is 62.2 Å². The molecule has 1 aliphatic heterocycles. The van der Waals surface area contributed by atoms with Crippen molar-refractivity contribution in [2.45, 2.75) is 25.8 Å². The summed E-state index contributed by atoms with van der Waals surface area (Å²) < 4.78 is 34.7. The summed E-state index contributed by atoms with van der Waals surface area (Å²) in [5, 5.41) is 8.50. The second-order valence-corrected chi connectivity index (χ2v) is 9.19. The Morgan fingerprint density at radius 3 is 2.53 bits per heavy atom. The number of nitrogens with one attached hydrogen (secondary N) is 1. The van der Waals surface area contributed by atoms with Gasteiger partial charge in [0.1, 0.15) is 5.75 Å². The number of methoxy groups -OCH3 is 1. The zero-order valence-corrected chi connectivity index (χ0v) is 19.5. The molecule has 0 unspecified atom stereocenters. The highest BCUT2D eigenvalue weighted by Gasteiger charge is 2.25. The molecule has 34 heavy (non-hydrogen) atoms. The molecule has 7 nitrogen and oxygen atoms in total. The molecule has 0 saturated carbocycles. The minimum Gasteiger partial charge on any atom is -0.497 e. The van der Waals surface area contributed by atoms with Gasteiger partial charge in [-0.25, -0.2) is 13.5 Å². The highest BCUT2D eigenvalue weighted by Crippen LogP contribution is 2.34. The fraction of sp³-hybridized carbons (Fsp3) is 0.292. The Hall–Kier alpha value is -3.53. The maximum atomic E-state index is 13.4. The Balaban J connectivity index is 1.27. The van der Waals surface area contributed by atoms with E-state index in [1.807, 2.05) is 35.9 Å². The lowest BCUT2D eigenvalue weighted by atomic mass is 10.0. The third-order valence-corrected chi connectivity index (χ3v) is 7.19. The molecule has 10 heteroatoms. The highest BCUT2D eigenvalue weighted by atomic mass is 32.1.